The Morgan fingerprint density at radius 3 is 2.59 bits per heavy atom. The van der Waals surface area contributed by atoms with E-state index in [4.69, 9.17) is 4.74 Å². The number of carbonyl (C=O) groups excluding carboxylic acids is 2. The highest BCUT2D eigenvalue weighted by Crippen LogP contribution is 2.22. The minimum atomic E-state index is 0.00772. The van der Waals surface area contributed by atoms with E-state index in [1.54, 1.807) is 26.1 Å². The normalized spacial score (nSPS) is 17.9. The second kappa shape index (κ2) is 7.40. The van der Waals surface area contributed by atoms with E-state index in [2.05, 4.69) is 0 Å². The van der Waals surface area contributed by atoms with Gasteiger partial charge in [0.25, 0.3) is 5.91 Å². The Kier molecular flexibility index (Phi) is 5.55. The van der Waals surface area contributed by atoms with E-state index in [0.717, 1.165) is 13.0 Å². The van der Waals surface area contributed by atoms with Gasteiger partial charge in [-0.2, -0.15) is 0 Å². The molecule has 1 aromatic carbocycles. The van der Waals surface area contributed by atoms with Crippen molar-refractivity contribution in [1.29, 1.82) is 0 Å². The van der Waals surface area contributed by atoms with Crippen LogP contribution in [-0.2, 0) is 16.0 Å². The number of amides is 2. The summed E-state index contributed by atoms with van der Waals surface area (Å²) in [7, 11) is 5.14. The summed E-state index contributed by atoms with van der Waals surface area (Å²) in [5, 5.41) is 0. The first-order valence-corrected chi connectivity index (χ1v) is 7.58. The Hall–Kier alpha value is -1.88. The first-order valence-electron chi connectivity index (χ1n) is 7.58. The lowest BCUT2D eigenvalue weighted by Crippen LogP contribution is -2.28. The second-order valence-electron chi connectivity index (χ2n) is 6.00. The Morgan fingerprint density at radius 1 is 1.32 bits per heavy atom. The van der Waals surface area contributed by atoms with Crippen molar-refractivity contribution in [2.45, 2.75) is 12.8 Å². The van der Waals surface area contributed by atoms with E-state index in [1.807, 2.05) is 29.2 Å². The third-order valence-corrected chi connectivity index (χ3v) is 3.99. The highest BCUT2D eigenvalue weighted by atomic mass is 16.5. The molecule has 1 saturated heterocycles. The van der Waals surface area contributed by atoms with E-state index in [-0.39, 0.29) is 11.8 Å². The summed E-state index contributed by atoms with van der Waals surface area (Å²) >= 11 is 0. The molecule has 0 aromatic heterocycles. The number of hydrogen-bond donors (Lipinski definition) is 0. The summed E-state index contributed by atoms with van der Waals surface area (Å²) in [5.74, 6) is 0.564. The molecule has 0 saturated carbocycles. The van der Waals surface area contributed by atoms with Crippen LogP contribution in [0.25, 0.3) is 0 Å². The van der Waals surface area contributed by atoms with Crippen molar-refractivity contribution >= 4 is 11.8 Å². The molecule has 1 aromatic rings. The van der Waals surface area contributed by atoms with Gasteiger partial charge in [-0.1, -0.05) is 12.1 Å². The molecule has 0 bridgehead atoms. The fourth-order valence-electron chi connectivity index (χ4n) is 2.78. The lowest BCUT2D eigenvalue weighted by molar-refractivity contribution is -0.128. The Morgan fingerprint density at radius 2 is 2.00 bits per heavy atom. The maximum atomic E-state index is 11.9. The monoisotopic (exact) mass is 304 g/mol. The quantitative estimate of drug-likeness (QED) is 0.799. The number of ether oxygens (including phenoxy) is 1. The van der Waals surface area contributed by atoms with Gasteiger partial charge in [0.1, 0.15) is 0 Å². The molecular formula is C17H24N2O3. The number of carbonyl (C=O) groups is 2. The van der Waals surface area contributed by atoms with Crippen molar-refractivity contribution in [2.75, 3.05) is 40.9 Å². The van der Waals surface area contributed by atoms with Crippen molar-refractivity contribution in [3.8, 4) is 0 Å². The van der Waals surface area contributed by atoms with Crippen LogP contribution in [0.4, 0.5) is 0 Å². The van der Waals surface area contributed by atoms with Gasteiger partial charge in [-0.3, -0.25) is 9.59 Å². The predicted molar refractivity (Wildman–Crippen MR) is 84.7 cm³/mol. The fraction of sp³-hybridized carbons (Fsp3) is 0.529. The number of rotatable bonds is 6. The molecule has 0 radical (unpaired) electrons. The van der Waals surface area contributed by atoms with Crippen molar-refractivity contribution in [3.05, 3.63) is 35.4 Å². The Balaban J connectivity index is 1.92. The van der Waals surface area contributed by atoms with Crippen LogP contribution in [0.3, 0.4) is 0 Å². The molecule has 5 heteroatoms. The summed E-state index contributed by atoms with van der Waals surface area (Å²) < 4.78 is 5.03. The molecule has 1 aliphatic heterocycles. The second-order valence-corrected chi connectivity index (χ2v) is 6.00. The van der Waals surface area contributed by atoms with Gasteiger partial charge in [-0.25, -0.2) is 0 Å². The maximum Gasteiger partial charge on any atom is 0.253 e. The summed E-state index contributed by atoms with van der Waals surface area (Å²) in [6.07, 6.45) is 1.47. The Bertz CT molecular complexity index is 525. The molecule has 1 fully saturated rings. The summed E-state index contributed by atoms with van der Waals surface area (Å²) in [6, 6.07) is 7.69. The smallest absolute Gasteiger partial charge is 0.253 e. The van der Waals surface area contributed by atoms with Crippen LogP contribution in [0.5, 0.6) is 0 Å². The van der Waals surface area contributed by atoms with E-state index >= 15 is 0 Å². The number of likely N-dealkylation sites (tertiary alicyclic amines) is 1. The topological polar surface area (TPSA) is 49.9 Å². The first kappa shape index (κ1) is 16.5. The number of benzene rings is 1. The average molecular weight is 304 g/mol. The zero-order valence-corrected chi connectivity index (χ0v) is 13.5. The van der Waals surface area contributed by atoms with Gasteiger partial charge in [-0.05, 0) is 30.0 Å². The minimum absolute atomic E-state index is 0.00772. The third-order valence-electron chi connectivity index (χ3n) is 3.99. The number of hydrogen-bond acceptors (Lipinski definition) is 3. The molecule has 22 heavy (non-hydrogen) atoms. The van der Waals surface area contributed by atoms with Gasteiger partial charge in [0, 0.05) is 46.3 Å². The van der Waals surface area contributed by atoms with Crippen molar-refractivity contribution < 1.29 is 14.3 Å². The summed E-state index contributed by atoms with van der Waals surface area (Å²) in [4.78, 5) is 27.2. The van der Waals surface area contributed by atoms with E-state index in [1.165, 1.54) is 5.56 Å². The SMILES string of the molecule is COCCN1CC(Cc2ccc(C(=O)N(C)C)cc2)CC1=O. The molecule has 2 rings (SSSR count). The molecule has 1 atom stereocenters. The molecule has 1 unspecified atom stereocenters. The molecule has 0 N–H and O–H groups in total. The fourth-order valence-corrected chi connectivity index (χ4v) is 2.78. The van der Waals surface area contributed by atoms with E-state index < -0.39 is 0 Å². The Labute approximate surface area is 131 Å². The molecule has 1 aliphatic rings. The van der Waals surface area contributed by atoms with Crippen LogP contribution in [0, 0.1) is 5.92 Å². The zero-order chi connectivity index (χ0) is 16.1. The van der Waals surface area contributed by atoms with Gasteiger partial charge < -0.3 is 14.5 Å². The summed E-state index contributed by atoms with van der Waals surface area (Å²) in [6.45, 7) is 2.04. The van der Waals surface area contributed by atoms with E-state index in [0.29, 0.717) is 31.1 Å². The standard InChI is InChI=1S/C17H24N2O3/c1-18(2)17(21)15-6-4-13(5-7-15)10-14-11-16(20)19(12-14)8-9-22-3/h4-7,14H,8-12H2,1-3H3. The van der Waals surface area contributed by atoms with Gasteiger partial charge in [0.15, 0.2) is 0 Å². The van der Waals surface area contributed by atoms with Gasteiger partial charge in [0.05, 0.1) is 6.61 Å². The van der Waals surface area contributed by atoms with Crippen LogP contribution in [0.2, 0.25) is 0 Å². The predicted octanol–water partition coefficient (Wildman–Crippen LogP) is 1.43. The molecule has 5 nitrogen and oxygen atoms in total. The van der Waals surface area contributed by atoms with Gasteiger partial charge >= 0.3 is 0 Å². The van der Waals surface area contributed by atoms with E-state index in [9.17, 15) is 9.59 Å². The highest BCUT2D eigenvalue weighted by Gasteiger charge is 2.29. The van der Waals surface area contributed by atoms with Crippen LogP contribution in [0.15, 0.2) is 24.3 Å². The maximum absolute atomic E-state index is 11.9. The third kappa shape index (κ3) is 4.07. The molecular weight excluding hydrogens is 280 g/mol. The van der Waals surface area contributed by atoms with Crippen LogP contribution >= 0.6 is 0 Å². The first-order chi connectivity index (χ1) is 10.5. The van der Waals surface area contributed by atoms with Gasteiger partial charge in [-0.15, -0.1) is 0 Å². The molecule has 0 aliphatic carbocycles. The summed E-state index contributed by atoms with van der Waals surface area (Å²) in [5.41, 5.74) is 1.86. The largest absolute Gasteiger partial charge is 0.383 e. The number of nitrogens with zero attached hydrogens (tertiary/aromatic N) is 2. The van der Waals surface area contributed by atoms with Crippen molar-refractivity contribution in [2.24, 2.45) is 5.92 Å². The van der Waals surface area contributed by atoms with Crippen molar-refractivity contribution in [3.63, 3.8) is 0 Å². The van der Waals surface area contributed by atoms with Crippen LogP contribution < -0.4 is 0 Å². The van der Waals surface area contributed by atoms with Crippen LogP contribution in [-0.4, -0.2) is 62.5 Å². The zero-order valence-electron chi connectivity index (χ0n) is 13.5. The average Bonchev–Trinajstić information content (AvgIpc) is 2.84. The highest BCUT2D eigenvalue weighted by molar-refractivity contribution is 5.93. The minimum Gasteiger partial charge on any atom is -0.383 e. The number of methoxy groups -OCH3 is 1. The molecule has 120 valence electrons. The van der Waals surface area contributed by atoms with Gasteiger partial charge in [0.2, 0.25) is 5.91 Å². The lowest BCUT2D eigenvalue weighted by Gasteiger charge is -2.16. The van der Waals surface area contributed by atoms with Crippen LogP contribution in [0.1, 0.15) is 22.3 Å². The van der Waals surface area contributed by atoms with Crippen molar-refractivity contribution in [1.82, 2.24) is 9.80 Å². The lowest BCUT2D eigenvalue weighted by atomic mass is 9.97. The molecule has 0 spiro atoms. The molecule has 2 amide bonds. The molecule has 1 heterocycles.